The van der Waals surface area contributed by atoms with Crippen LogP contribution >= 0.6 is 0 Å². The molecule has 1 aliphatic heterocycles. The quantitative estimate of drug-likeness (QED) is 0.793. The molecule has 0 unspecified atom stereocenters. The third-order valence-electron chi connectivity index (χ3n) is 5.12. The summed E-state index contributed by atoms with van der Waals surface area (Å²) in [5, 5.41) is 2.89. The fraction of sp³-hybridized carbons (Fsp3) is 0.409. The normalized spacial score (nSPS) is 19.0. The van der Waals surface area contributed by atoms with E-state index in [1.807, 2.05) is 48.2 Å². The topological polar surface area (TPSA) is 71.5 Å². The number of aryl methyl sites for hydroxylation is 1. The number of anilines is 1. The van der Waals surface area contributed by atoms with E-state index in [1.54, 1.807) is 13.2 Å². The Labute approximate surface area is 165 Å². The molecule has 1 aromatic heterocycles. The molecule has 28 heavy (non-hydrogen) atoms. The molecule has 6 heteroatoms. The summed E-state index contributed by atoms with van der Waals surface area (Å²) < 4.78 is 5.24. The highest BCUT2D eigenvalue weighted by atomic mass is 16.5. The largest absolute Gasteiger partial charge is 0.497 e. The van der Waals surface area contributed by atoms with Crippen LogP contribution in [0.1, 0.15) is 43.5 Å². The highest BCUT2D eigenvalue weighted by molar-refractivity contribution is 5.97. The number of aromatic nitrogens is 1. The molecule has 1 fully saturated rings. The van der Waals surface area contributed by atoms with Gasteiger partial charge in [0.25, 0.3) is 0 Å². The van der Waals surface area contributed by atoms with Gasteiger partial charge in [0.1, 0.15) is 11.6 Å². The number of hydrogen-bond donors (Lipinski definition) is 1. The zero-order chi connectivity index (χ0) is 20.1. The number of carbonyl (C=O) groups excluding carboxylic acids is 2. The number of rotatable bonds is 7. The highest BCUT2D eigenvalue weighted by Crippen LogP contribution is 2.39. The van der Waals surface area contributed by atoms with Crippen molar-refractivity contribution in [1.29, 1.82) is 0 Å². The Morgan fingerprint density at radius 2 is 2.00 bits per heavy atom. The summed E-state index contributed by atoms with van der Waals surface area (Å²) in [6.07, 6.45) is 2.10. The van der Waals surface area contributed by atoms with Crippen LogP contribution in [0, 0.1) is 12.8 Å². The van der Waals surface area contributed by atoms with Crippen LogP contribution in [-0.4, -0.2) is 35.4 Å². The number of ether oxygens (including phenoxy) is 1. The molecule has 148 valence electrons. The molecule has 0 spiro atoms. The summed E-state index contributed by atoms with van der Waals surface area (Å²) in [6, 6.07) is 12.8. The zero-order valence-electron chi connectivity index (χ0n) is 16.6. The van der Waals surface area contributed by atoms with E-state index in [1.165, 1.54) is 0 Å². The Morgan fingerprint density at radius 1 is 1.25 bits per heavy atom. The van der Waals surface area contributed by atoms with Gasteiger partial charge in [0.05, 0.1) is 19.1 Å². The van der Waals surface area contributed by atoms with Crippen molar-refractivity contribution in [3.8, 4) is 5.75 Å². The third-order valence-corrected chi connectivity index (χ3v) is 5.12. The molecular formula is C22H27N3O3. The van der Waals surface area contributed by atoms with E-state index in [0.717, 1.165) is 29.8 Å². The predicted molar refractivity (Wildman–Crippen MR) is 108 cm³/mol. The molecule has 3 rings (SSSR count). The number of hydrogen-bond acceptors (Lipinski definition) is 4. The van der Waals surface area contributed by atoms with Crippen molar-refractivity contribution >= 4 is 17.6 Å². The lowest BCUT2D eigenvalue weighted by molar-refractivity contribution is -0.129. The van der Waals surface area contributed by atoms with Gasteiger partial charge in [-0.1, -0.05) is 31.5 Å². The molecule has 2 amide bonds. The van der Waals surface area contributed by atoms with Crippen LogP contribution in [0.5, 0.6) is 5.75 Å². The van der Waals surface area contributed by atoms with E-state index in [2.05, 4.69) is 17.2 Å². The Hall–Kier alpha value is -2.89. The maximum absolute atomic E-state index is 13.0. The second-order valence-corrected chi connectivity index (χ2v) is 7.12. The van der Waals surface area contributed by atoms with E-state index in [9.17, 15) is 9.59 Å². The number of methoxy groups -OCH3 is 1. The Kier molecular flexibility index (Phi) is 6.29. The number of unbranched alkanes of at least 4 members (excludes halogenated alkanes) is 1. The molecule has 2 atom stereocenters. The van der Waals surface area contributed by atoms with Gasteiger partial charge in [0, 0.05) is 18.7 Å². The molecular weight excluding hydrogens is 354 g/mol. The van der Waals surface area contributed by atoms with Gasteiger partial charge in [0.15, 0.2) is 0 Å². The summed E-state index contributed by atoms with van der Waals surface area (Å²) >= 11 is 0. The lowest BCUT2D eigenvalue weighted by Crippen LogP contribution is -2.33. The summed E-state index contributed by atoms with van der Waals surface area (Å²) in [4.78, 5) is 31.9. The van der Waals surface area contributed by atoms with Gasteiger partial charge < -0.3 is 15.0 Å². The van der Waals surface area contributed by atoms with E-state index in [-0.39, 0.29) is 24.3 Å². The second-order valence-electron chi connectivity index (χ2n) is 7.12. The fourth-order valence-corrected chi connectivity index (χ4v) is 3.66. The van der Waals surface area contributed by atoms with Crippen LogP contribution in [-0.2, 0) is 9.59 Å². The van der Waals surface area contributed by atoms with Crippen molar-refractivity contribution in [3.63, 3.8) is 0 Å². The number of carbonyl (C=O) groups is 2. The number of amides is 2. The van der Waals surface area contributed by atoms with Crippen molar-refractivity contribution in [2.24, 2.45) is 5.92 Å². The molecule has 0 radical (unpaired) electrons. The minimum absolute atomic E-state index is 0.0200. The van der Waals surface area contributed by atoms with Gasteiger partial charge in [-0.3, -0.25) is 9.59 Å². The van der Waals surface area contributed by atoms with E-state index < -0.39 is 5.92 Å². The first-order chi connectivity index (χ1) is 13.5. The molecule has 0 bridgehead atoms. The zero-order valence-corrected chi connectivity index (χ0v) is 16.6. The van der Waals surface area contributed by atoms with E-state index >= 15 is 0 Å². The monoisotopic (exact) mass is 381 g/mol. The van der Waals surface area contributed by atoms with Crippen LogP contribution in [0.3, 0.4) is 0 Å². The van der Waals surface area contributed by atoms with Gasteiger partial charge in [-0.15, -0.1) is 0 Å². The third kappa shape index (κ3) is 4.32. The summed E-state index contributed by atoms with van der Waals surface area (Å²) in [7, 11) is 1.62. The van der Waals surface area contributed by atoms with E-state index in [0.29, 0.717) is 12.4 Å². The van der Waals surface area contributed by atoms with Gasteiger partial charge >= 0.3 is 0 Å². The molecule has 1 aliphatic rings. The summed E-state index contributed by atoms with van der Waals surface area (Å²) in [5.74, 6) is 0.647. The Morgan fingerprint density at radius 3 is 2.64 bits per heavy atom. The van der Waals surface area contributed by atoms with Crippen LogP contribution < -0.4 is 10.1 Å². The number of pyridine rings is 1. The van der Waals surface area contributed by atoms with Crippen LogP contribution in [0.15, 0.2) is 42.5 Å². The van der Waals surface area contributed by atoms with Crippen molar-refractivity contribution in [2.45, 2.75) is 39.2 Å². The van der Waals surface area contributed by atoms with Crippen molar-refractivity contribution in [1.82, 2.24) is 9.88 Å². The lowest BCUT2D eigenvalue weighted by atomic mass is 9.92. The highest BCUT2D eigenvalue weighted by Gasteiger charge is 2.44. The first kappa shape index (κ1) is 19.9. The SMILES string of the molecule is CCCCN1C(=O)C[C@@H](C(=O)Nc2cccc(C)n2)[C@@H]1c1ccc(OC)cc1. The van der Waals surface area contributed by atoms with Crippen LogP contribution in [0.25, 0.3) is 0 Å². The number of nitrogens with one attached hydrogen (secondary N) is 1. The molecule has 2 aromatic rings. The molecule has 1 saturated heterocycles. The summed E-state index contributed by atoms with van der Waals surface area (Å²) in [6.45, 7) is 4.62. The van der Waals surface area contributed by atoms with Gasteiger partial charge in [-0.25, -0.2) is 4.98 Å². The maximum atomic E-state index is 13.0. The standard InChI is InChI=1S/C22H27N3O3/c1-4-5-13-25-20(26)14-18(21(25)16-9-11-17(28-3)12-10-16)22(27)24-19-8-6-7-15(2)23-19/h6-12,18,21H,4-5,13-14H2,1-3H3,(H,23,24,27)/t18-,21+/m1/s1. The Balaban J connectivity index is 1.87. The minimum Gasteiger partial charge on any atom is -0.497 e. The van der Waals surface area contributed by atoms with Gasteiger partial charge in [-0.05, 0) is 43.2 Å². The number of likely N-dealkylation sites (tertiary alicyclic amines) is 1. The van der Waals surface area contributed by atoms with Crippen LogP contribution in [0.4, 0.5) is 5.82 Å². The maximum Gasteiger partial charge on any atom is 0.231 e. The van der Waals surface area contributed by atoms with Crippen molar-refractivity contribution < 1.29 is 14.3 Å². The van der Waals surface area contributed by atoms with E-state index in [4.69, 9.17) is 4.74 Å². The molecule has 1 aromatic carbocycles. The Bertz CT molecular complexity index is 835. The lowest BCUT2D eigenvalue weighted by Gasteiger charge is -2.28. The molecule has 0 saturated carbocycles. The first-order valence-corrected chi connectivity index (χ1v) is 9.71. The van der Waals surface area contributed by atoms with Crippen LogP contribution in [0.2, 0.25) is 0 Å². The van der Waals surface area contributed by atoms with Crippen molar-refractivity contribution in [3.05, 3.63) is 53.7 Å². The average molecular weight is 381 g/mol. The smallest absolute Gasteiger partial charge is 0.231 e. The molecule has 2 heterocycles. The predicted octanol–water partition coefficient (Wildman–Crippen LogP) is 3.73. The second kappa shape index (κ2) is 8.87. The molecule has 0 aliphatic carbocycles. The summed E-state index contributed by atoms with van der Waals surface area (Å²) in [5.41, 5.74) is 1.77. The minimum atomic E-state index is -0.458. The fourth-order valence-electron chi connectivity index (χ4n) is 3.66. The first-order valence-electron chi connectivity index (χ1n) is 9.71. The molecule has 1 N–H and O–H groups in total. The average Bonchev–Trinajstić information content (AvgIpc) is 3.03. The number of benzene rings is 1. The number of nitrogens with zero attached hydrogens (tertiary/aromatic N) is 2. The van der Waals surface area contributed by atoms with Crippen molar-refractivity contribution in [2.75, 3.05) is 19.0 Å². The van der Waals surface area contributed by atoms with Gasteiger partial charge in [-0.2, -0.15) is 0 Å². The molecule has 6 nitrogen and oxygen atoms in total. The van der Waals surface area contributed by atoms with Gasteiger partial charge in [0.2, 0.25) is 11.8 Å².